The van der Waals surface area contributed by atoms with Crippen LogP contribution in [0.1, 0.15) is 20.9 Å². The van der Waals surface area contributed by atoms with Crippen molar-refractivity contribution in [3.63, 3.8) is 0 Å². The van der Waals surface area contributed by atoms with Crippen LogP contribution in [0.15, 0.2) is 24.3 Å². The molecule has 1 heterocycles. The molecule has 0 aromatic heterocycles. The van der Waals surface area contributed by atoms with Crippen molar-refractivity contribution in [1.29, 1.82) is 0 Å². The predicted molar refractivity (Wildman–Crippen MR) is 50.2 cm³/mol. The summed E-state index contributed by atoms with van der Waals surface area (Å²) in [5, 5.41) is 0. The van der Waals surface area contributed by atoms with E-state index in [2.05, 4.69) is 15.9 Å². The Morgan fingerprint density at radius 1 is 1.42 bits per heavy atom. The van der Waals surface area contributed by atoms with Crippen LogP contribution in [0.3, 0.4) is 0 Å². The number of nitrogens with zero attached hydrogens (tertiary/aromatic N) is 1. The molecular weight excluding hydrogens is 218 g/mol. The first-order chi connectivity index (χ1) is 5.72. The Balaban J connectivity index is 2.59. The molecule has 0 spiro atoms. The highest BCUT2D eigenvalue weighted by Gasteiger charge is 2.31. The Bertz CT molecular complexity index is 337. The first-order valence-corrected chi connectivity index (χ1v) is 4.63. The van der Waals surface area contributed by atoms with E-state index in [-0.39, 0.29) is 10.9 Å². The smallest absolute Gasteiger partial charge is 0.255 e. The fourth-order valence-electron chi connectivity index (χ4n) is 1.40. The molecule has 1 amide bonds. The lowest BCUT2D eigenvalue weighted by atomic mass is 10.1. The molecule has 0 fully saturated rings. The minimum atomic E-state index is 0.0428. The van der Waals surface area contributed by atoms with Gasteiger partial charge in [-0.1, -0.05) is 34.1 Å². The van der Waals surface area contributed by atoms with Gasteiger partial charge in [0.2, 0.25) is 0 Å². The Kier molecular flexibility index (Phi) is 1.68. The lowest BCUT2D eigenvalue weighted by Crippen LogP contribution is -2.19. The highest BCUT2D eigenvalue weighted by molar-refractivity contribution is 9.09. The second-order valence-electron chi connectivity index (χ2n) is 2.84. The normalized spacial score (nSPS) is 21.3. The van der Waals surface area contributed by atoms with E-state index in [4.69, 9.17) is 0 Å². The van der Waals surface area contributed by atoms with E-state index in [0.717, 1.165) is 11.1 Å². The Morgan fingerprint density at radius 3 is 2.75 bits per heavy atom. The lowest BCUT2D eigenvalue weighted by Gasteiger charge is -2.12. The van der Waals surface area contributed by atoms with Gasteiger partial charge in [-0.3, -0.25) is 4.79 Å². The van der Waals surface area contributed by atoms with Gasteiger partial charge in [0.05, 0.1) is 0 Å². The van der Waals surface area contributed by atoms with Crippen molar-refractivity contribution in [2.24, 2.45) is 0 Å². The summed E-state index contributed by atoms with van der Waals surface area (Å²) in [5.41, 5.74) is 1.87. The summed E-state index contributed by atoms with van der Waals surface area (Å²) in [7, 11) is 1.79. The molecule has 1 aliphatic heterocycles. The largest absolute Gasteiger partial charge is 0.325 e. The van der Waals surface area contributed by atoms with Gasteiger partial charge in [0.1, 0.15) is 4.95 Å². The van der Waals surface area contributed by atoms with Gasteiger partial charge in [-0.2, -0.15) is 0 Å². The summed E-state index contributed by atoms with van der Waals surface area (Å²) in [6, 6.07) is 7.65. The molecule has 0 radical (unpaired) electrons. The number of amides is 1. The summed E-state index contributed by atoms with van der Waals surface area (Å²) in [6.45, 7) is 0. The SMILES string of the molecule is CN1C(=O)c2ccccc2C1Br. The maximum absolute atomic E-state index is 11.5. The van der Waals surface area contributed by atoms with Crippen molar-refractivity contribution < 1.29 is 4.79 Å². The van der Waals surface area contributed by atoms with Crippen LogP contribution in [-0.2, 0) is 0 Å². The van der Waals surface area contributed by atoms with Gasteiger partial charge >= 0.3 is 0 Å². The number of fused-ring (bicyclic) bond motifs is 1. The quantitative estimate of drug-likeness (QED) is 0.490. The van der Waals surface area contributed by atoms with Crippen LogP contribution >= 0.6 is 15.9 Å². The van der Waals surface area contributed by atoms with Crippen LogP contribution in [0, 0.1) is 0 Å². The summed E-state index contributed by atoms with van der Waals surface area (Å²) in [6.07, 6.45) is 0. The predicted octanol–water partition coefficient (Wildman–Crippen LogP) is 2.17. The van der Waals surface area contributed by atoms with E-state index in [1.807, 2.05) is 24.3 Å². The molecule has 0 saturated heterocycles. The third-order valence-electron chi connectivity index (χ3n) is 2.11. The van der Waals surface area contributed by atoms with Gasteiger partial charge in [0.15, 0.2) is 0 Å². The van der Waals surface area contributed by atoms with Crippen molar-refractivity contribution >= 4 is 21.8 Å². The molecule has 1 atom stereocenters. The molecular formula is C9H8BrNO. The van der Waals surface area contributed by atoms with Crippen LogP contribution in [-0.4, -0.2) is 17.9 Å². The monoisotopic (exact) mass is 225 g/mol. The highest BCUT2D eigenvalue weighted by Crippen LogP contribution is 2.35. The zero-order valence-corrected chi connectivity index (χ0v) is 8.21. The van der Waals surface area contributed by atoms with Crippen LogP contribution in [0.5, 0.6) is 0 Å². The van der Waals surface area contributed by atoms with Crippen molar-refractivity contribution in [2.45, 2.75) is 4.95 Å². The number of rotatable bonds is 0. The molecule has 0 N–H and O–H groups in total. The van der Waals surface area contributed by atoms with Gasteiger partial charge in [0, 0.05) is 12.6 Å². The van der Waals surface area contributed by atoms with E-state index in [9.17, 15) is 4.79 Å². The van der Waals surface area contributed by atoms with E-state index >= 15 is 0 Å². The molecule has 3 heteroatoms. The third-order valence-corrected chi connectivity index (χ3v) is 3.22. The second kappa shape index (κ2) is 2.59. The number of carbonyl (C=O) groups is 1. The van der Waals surface area contributed by atoms with Crippen molar-refractivity contribution in [3.8, 4) is 0 Å². The summed E-state index contributed by atoms with van der Waals surface area (Å²) < 4.78 is 0. The Labute approximate surface area is 79.3 Å². The average Bonchev–Trinajstić information content (AvgIpc) is 2.33. The molecule has 0 bridgehead atoms. The van der Waals surface area contributed by atoms with E-state index in [0.29, 0.717) is 0 Å². The lowest BCUT2D eigenvalue weighted by molar-refractivity contribution is 0.0815. The number of benzene rings is 1. The van der Waals surface area contributed by atoms with Crippen molar-refractivity contribution in [2.75, 3.05) is 7.05 Å². The third kappa shape index (κ3) is 0.894. The van der Waals surface area contributed by atoms with Crippen LogP contribution in [0.2, 0.25) is 0 Å². The number of halogens is 1. The fourth-order valence-corrected chi connectivity index (χ4v) is 1.99. The topological polar surface area (TPSA) is 20.3 Å². The number of hydrogen-bond acceptors (Lipinski definition) is 1. The molecule has 2 rings (SSSR count). The molecule has 62 valence electrons. The molecule has 0 aliphatic carbocycles. The Morgan fingerprint density at radius 2 is 2.08 bits per heavy atom. The first kappa shape index (κ1) is 7.80. The molecule has 2 nitrogen and oxygen atoms in total. The summed E-state index contributed by atoms with van der Waals surface area (Å²) in [5.74, 6) is 0.0903. The number of alkyl halides is 1. The van der Waals surface area contributed by atoms with Crippen LogP contribution in [0.25, 0.3) is 0 Å². The van der Waals surface area contributed by atoms with E-state index in [1.54, 1.807) is 11.9 Å². The standard InChI is InChI=1S/C9H8BrNO/c1-11-8(10)6-4-2-3-5-7(6)9(11)12/h2-5,8H,1H3. The number of carbonyl (C=O) groups excluding carboxylic acids is 1. The van der Waals surface area contributed by atoms with Crippen LogP contribution in [0.4, 0.5) is 0 Å². The Hall–Kier alpha value is -0.830. The van der Waals surface area contributed by atoms with Gasteiger partial charge in [0.25, 0.3) is 5.91 Å². The average molecular weight is 226 g/mol. The zero-order chi connectivity index (χ0) is 8.72. The maximum Gasteiger partial charge on any atom is 0.255 e. The van der Waals surface area contributed by atoms with Gasteiger partial charge in [-0.05, 0) is 11.6 Å². The molecule has 1 aromatic carbocycles. The first-order valence-electron chi connectivity index (χ1n) is 3.72. The summed E-state index contributed by atoms with van der Waals surface area (Å²) in [4.78, 5) is 13.2. The van der Waals surface area contributed by atoms with Crippen molar-refractivity contribution in [1.82, 2.24) is 4.90 Å². The minimum absolute atomic E-state index is 0.0428. The minimum Gasteiger partial charge on any atom is -0.325 e. The molecule has 1 aromatic rings. The second-order valence-corrected chi connectivity index (χ2v) is 3.71. The van der Waals surface area contributed by atoms with E-state index in [1.165, 1.54) is 0 Å². The molecule has 0 saturated carbocycles. The zero-order valence-electron chi connectivity index (χ0n) is 6.62. The summed E-state index contributed by atoms with van der Waals surface area (Å²) >= 11 is 3.45. The molecule has 12 heavy (non-hydrogen) atoms. The van der Waals surface area contributed by atoms with Crippen molar-refractivity contribution in [3.05, 3.63) is 35.4 Å². The molecule has 1 aliphatic rings. The van der Waals surface area contributed by atoms with E-state index < -0.39 is 0 Å². The fraction of sp³-hybridized carbons (Fsp3) is 0.222. The van der Waals surface area contributed by atoms with Crippen LogP contribution < -0.4 is 0 Å². The highest BCUT2D eigenvalue weighted by atomic mass is 79.9. The number of hydrogen-bond donors (Lipinski definition) is 0. The van der Waals surface area contributed by atoms with Gasteiger partial charge in [-0.15, -0.1) is 0 Å². The molecule has 1 unspecified atom stereocenters. The maximum atomic E-state index is 11.5. The van der Waals surface area contributed by atoms with Gasteiger partial charge < -0.3 is 4.90 Å². The van der Waals surface area contributed by atoms with Gasteiger partial charge in [-0.25, -0.2) is 0 Å².